The van der Waals surface area contributed by atoms with Crippen LogP contribution < -0.4 is 9.64 Å². The summed E-state index contributed by atoms with van der Waals surface area (Å²) in [5.41, 5.74) is 1.22. The predicted octanol–water partition coefficient (Wildman–Crippen LogP) is 1.94. The molecule has 2 aromatic rings. The Labute approximate surface area is 219 Å². The summed E-state index contributed by atoms with van der Waals surface area (Å²) in [6, 6.07) is 7.99. The molecule has 10 heteroatoms. The summed E-state index contributed by atoms with van der Waals surface area (Å²) in [6.07, 6.45) is 0.983. The minimum atomic E-state index is -0.497. The fourth-order valence-corrected chi connectivity index (χ4v) is 4.64. The predicted molar refractivity (Wildman–Crippen MR) is 141 cm³/mol. The second-order valence-corrected chi connectivity index (χ2v) is 10.8. The number of oxazole rings is 1. The number of nitrogens with zero attached hydrogens (tertiary/aromatic N) is 5. The van der Waals surface area contributed by atoms with Gasteiger partial charge in [-0.15, -0.1) is 0 Å². The van der Waals surface area contributed by atoms with Gasteiger partial charge in [0.1, 0.15) is 12.0 Å². The molecule has 1 unspecified atom stereocenters. The van der Waals surface area contributed by atoms with E-state index in [-0.39, 0.29) is 11.5 Å². The molecule has 2 saturated heterocycles. The van der Waals surface area contributed by atoms with Crippen LogP contribution in [-0.2, 0) is 11.3 Å². The third kappa shape index (κ3) is 7.91. The maximum absolute atomic E-state index is 13.0. The van der Waals surface area contributed by atoms with E-state index < -0.39 is 6.10 Å². The fraction of sp³-hybridized carbons (Fsp3) is 0.630. The summed E-state index contributed by atoms with van der Waals surface area (Å²) in [6.45, 7) is 13.7. The number of hydrogen-bond acceptors (Lipinski definition) is 9. The van der Waals surface area contributed by atoms with Gasteiger partial charge in [-0.05, 0) is 32.9 Å². The number of anilines is 1. The molecule has 1 aromatic carbocycles. The highest BCUT2D eigenvalue weighted by atomic mass is 16.5. The minimum absolute atomic E-state index is 0.0865. The number of ether oxygens (including phenoxy) is 2. The molecule has 0 aliphatic carbocycles. The molecule has 4 rings (SSSR count). The van der Waals surface area contributed by atoms with Gasteiger partial charge in [-0.3, -0.25) is 14.6 Å². The maximum atomic E-state index is 13.0. The molecule has 2 aliphatic rings. The summed E-state index contributed by atoms with van der Waals surface area (Å²) in [5.74, 6) is 1.30. The first kappa shape index (κ1) is 27.4. The van der Waals surface area contributed by atoms with E-state index in [9.17, 15) is 9.90 Å². The molecule has 2 fully saturated rings. The lowest BCUT2D eigenvalue weighted by molar-refractivity contribution is -0.0588. The van der Waals surface area contributed by atoms with Crippen molar-refractivity contribution in [2.24, 2.45) is 0 Å². The molecule has 0 spiro atoms. The summed E-state index contributed by atoms with van der Waals surface area (Å²) < 4.78 is 16.7. The standard InChI is InChI=1S/C27H41N5O5/c1-27(2,3)37-19-22(33)17-29-8-10-30(11-9-29)18-25-28-24(20-36-25)26(34)32-14-12-31(13-15-32)21-6-5-7-23(16-21)35-4/h5-7,16,20,22,33H,8-15,17-19H2,1-4H3. The molecule has 0 bridgehead atoms. The number of piperazine rings is 2. The van der Waals surface area contributed by atoms with Crippen LogP contribution in [0, 0.1) is 0 Å². The highest BCUT2D eigenvalue weighted by Gasteiger charge is 2.26. The summed E-state index contributed by atoms with van der Waals surface area (Å²) in [5, 5.41) is 10.3. The Balaban J connectivity index is 1.20. The van der Waals surface area contributed by atoms with Crippen molar-refractivity contribution < 1.29 is 23.8 Å². The van der Waals surface area contributed by atoms with Crippen molar-refractivity contribution in [1.82, 2.24) is 19.7 Å². The molecule has 3 heterocycles. The van der Waals surface area contributed by atoms with Gasteiger partial charge in [0, 0.05) is 70.7 Å². The normalized spacial score (nSPS) is 18.7. The monoisotopic (exact) mass is 515 g/mol. The van der Waals surface area contributed by atoms with Crippen molar-refractivity contribution in [1.29, 1.82) is 0 Å². The molecule has 10 nitrogen and oxygen atoms in total. The molecule has 2 aliphatic heterocycles. The van der Waals surface area contributed by atoms with E-state index in [1.807, 2.05) is 43.9 Å². The number of rotatable bonds is 9. The van der Waals surface area contributed by atoms with Crippen molar-refractivity contribution in [3.05, 3.63) is 42.1 Å². The Bertz CT molecular complexity index is 1010. The van der Waals surface area contributed by atoms with Crippen molar-refractivity contribution in [2.45, 2.75) is 39.0 Å². The average molecular weight is 516 g/mol. The molecule has 1 N–H and O–H groups in total. The molecular weight excluding hydrogens is 474 g/mol. The maximum Gasteiger partial charge on any atom is 0.275 e. The van der Waals surface area contributed by atoms with Gasteiger partial charge in [-0.2, -0.15) is 0 Å². The summed E-state index contributed by atoms with van der Waals surface area (Å²) in [4.78, 5) is 26.1. The van der Waals surface area contributed by atoms with Crippen LogP contribution in [0.4, 0.5) is 5.69 Å². The molecule has 1 atom stereocenters. The summed E-state index contributed by atoms with van der Waals surface area (Å²) >= 11 is 0. The zero-order valence-corrected chi connectivity index (χ0v) is 22.6. The van der Waals surface area contributed by atoms with Crippen LogP contribution in [0.15, 0.2) is 34.9 Å². The lowest BCUT2D eigenvalue weighted by Gasteiger charge is -2.36. The lowest BCUT2D eigenvalue weighted by atomic mass is 10.2. The SMILES string of the molecule is COc1cccc(N2CCN(C(=O)c3coc(CN4CCN(CC(O)COC(C)(C)C)CC4)n3)CC2)c1. The van der Waals surface area contributed by atoms with Crippen LogP contribution in [0.3, 0.4) is 0 Å². The summed E-state index contributed by atoms with van der Waals surface area (Å²) in [7, 11) is 1.67. The van der Waals surface area contributed by atoms with Gasteiger partial charge in [0.25, 0.3) is 5.91 Å². The number of aromatic nitrogens is 1. The van der Waals surface area contributed by atoms with E-state index in [4.69, 9.17) is 13.9 Å². The first-order valence-corrected chi connectivity index (χ1v) is 13.1. The van der Waals surface area contributed by atoms with Gasteiger partial charge in [-0.1, -0.05) is 6.07 Å². The Hall–Kier alpha value is -2.66. The molecule has 37 heavy (non-hydrogen) atoms. The molecule has 204 valence electrons. The Morgan fingerprint density at radius 3 is 2.46 bits per heavy atom. The molecule has 1 amide bonds. The second kappa shape index (κ2) is 12.3. The lowest BCUT2D eigenvalue weighted by Crippen LogP contribution is -2.49. The van der Waals surface area contributed by atoms with E-state index in [1.54, 1.807) is 7.11 Å². The van der Waals surface area contributed by atoms with Crippen LogP contribution in [0.2, 0.25) is 0 Å². The second-order valence-electron chi connectivity index (χ2n) is 10.8. The Kier molecular flexibility index (Phi) is 9.07. The smallest absolute Gasteiger partial charge is 0.275 e. The third-order valence-corrected chi connectivity index (χ3v) is 6.76. The van der Waals surface area contributed by atoms with Gasteiger partial charge >= 0.3 is 0 Å². The van der Waals surface area contributed by atoms with E-state index in [1.165, 1.54) is 6.26 Å². The van der Waals surface area contributed by atoms with E-state index in [2.05, 4.69) is 25.8 Å². The van der Waals surface area contributed by atoms with Crippen LogP contribution in [-0.4, -0.2) is 115 Å². The fourth-order valence-electron chi connectivity index (χ4n) is 4.64. The number of benzene rings is 1. The van der Waals surface area contributed by atoms with Gasteiger partial charge in [-0.25, -0.2) is 4.98 Å². The quantitative estimate of drug-likeness (QED) is 0.538. The van der Waals surface area contributed by atoms with Gasteiger partial charge < -0.3 is 28.8 Å². The third-order valence-electron chi connectivity index (χ3n) is 6.76. The molecule has 1 aromatic heterocycles. The highest BCUT2D eigenvalue weighted by Crippen LogP contribution is 2.22. The van der Waals surface area contributed by atoms with Gasteiger partial charge in [0.2, 0.25) is 5.89 Å². The first-order chi connectivity index (χ1) is 17.7. The largest absolute Gasteiger partial charge is 0.497 e. The van der Waals surface area contributed by atoms with Crippen molar-refractivity contribution in [3.8, 4) is 5.75 Å². The van der Waals surface area contributed by atoms with E-state index in [0.29, 0.717) is 44.4 Å². The number of amides is 1. The van der Waals surface area contributed by atoms with Crippen molar-refractivity contribution >= 4 is 11.6 Å². The van der Waals surface area contributed by atoms with Gasteiger partial charge in [0.15, 0.2) is 5.69 Å². The van der Waals surface area contributed by atoms with Crippen molar-refractivity contribution in [2.75, 3.05) is 77.5 Å². The topological polar surface area (TPSA) is 94.8 Å². The van der Waals surface area contributed by atoms with Crippen molar-refractivity contribution in [3.63, 3.8) is 0 Å². The zero-order valence-electron chi connectivity index (χ0n) is 22.6. The van der Waals surface area contributed by atoms with E-state index >= 15 is 0 Å². The van der Waals surface area contributed by atoms with Crippen LogP contribution in [0.5, 0.6) is 5.75 Å². The van der Waals surface area contributed by atoms with Crippen LogP contribution >= 0.6 is 0 Å². The Morgan fingerprint density at radius 2 is 1.78 bits per heavy atom. The van der Waals surface area contributed by atoms with Gasteiger partial charge in [0.05, 0.1) is 32.0 Å². The molecular formula is C27H41N5O5. The molecule has 0 radical (unpaired) electrons. The number of carbonyl (C=O) groups excluding carboxylic acids is 1. The zero-order chi connectivity index (χ0) is 26.4. The molecule has 0 saturated carbocycles. The number of β-amino-alcohol motifs (C(OH)–C–C–N with tert-alkyl or cyclic N) is 1. The minimum Gasteiger partial charge on any atom is -0.497 e. The van der Waals surface area contributed by atoms with Crippen LogP contribution in [0.1, 0.15) is 37.2 Å². The number of carbonyl (C=O) groups is 1. The van der Waals surface area contributed by atoms with E-state index in [0.717, 1.165) is 50.7 Å². The average Bonchev–Trinajstić information content (AvgIpc) is 3.36. The Morgan fingerprint density at radius 1 is 1.08 bits per heavy atom. The number of aliphatic hydroxyl groups is 1. The number of aliphatic hydroxyl groups excluding tert-OH is 1. The number of methoxy groups -OCH3 is 1. The number of hydrogen-bond donors (Lipinski definition) is 1. The first-order valence-electron chi connectivity index (χ1n) is 13.1. The highest BCUT2D eigenvalue weighted by molar-refractivity contribution is 5.92. The van der Waals surface area contributed by atoms with Crippen LogP contribution in [0.25, 0.3) is 0 Å².